The van der Waals surface area contributed by atoms with Crippen LogP contribution in [-0.2, 0) is 4.79 Å². The fourth-order valence-electron chi connectivity index (χ4n) is 3.94. The lowest BCUT2D eigenvalue weighted by atomic mass is 9.72. The molecule has 102 valence electrons. The number of hydrogen-bond donors (Lipinski definition) is 0. The van der Waals surface area contributed by atoms with Gasteiger partial charge in [0.2, 0.25) is 5.91 Å². The molecule has 0 aromatic rings. The van der Waals surface area contributed by atoms with Gasteiger partial charge in [0.25, 0.3) is 0 Å². The Labute approximate surface area is 111 Å². The standard InChI is InChI=1S/C15H26N2O/c1-16-8-6-15(7-9-16)11-17(12-15)14(18)10-13-4-2-3-5-13/h13H,2-12H2,1H3. The summed E-state index contributed by atoms with van der Waals surface area (Å²) in [4.78, 5) is 16.7. The van der Waals surface area contributed by atoms with Crippen LogP contribution in [0.2, 0.25) is 0 Å². The van der Waals surface area contributed by atoms with Crippen LogP contribution in [0.5, 0.6) is 0 Å². The molecule has 3 aliphatic rings. The van der Waals surface area contributed by atoms with Gasteiger partial charge in [-0.2, -0.15) is 0 Å². The number of nitrogens with zero attached hydrogens (tertiary/aromatic N) is 2. The monoisotopic (exact) mass is 250 g/mol. The Morgan fingerprint density at radius 1 is 1.17 bits per heavy atom. The van der Waals surface area contributed by atoms with E-state index in [1.807, 2.05) is 0 Å². The Morgan fingerprint density at radius 2 is 1.78 bits per heavy atom. The SMILES string of the molecule is CN1CCC2(CC1)CN(C(=O)CC1CCCC1)C2. The summed E-state index contributed by atoms with van der Waals surface area (Å²) >= 11 is 0. The first-order chi connectivity index (χ1) is 8.67. The highest BCUT2D eigenvalue weighted by Gasteiger charge is 2.46. The third-order valence-electron chi connectivity index (χ3n) is 5.39. The van der Waals surface area contributed by atoms with E-state index in [1.165, 1.54) is 51.6 Å². The van der Waals surface area contributed by atoms with Crippen LogP contribution in [0.25, 0.3) is 0 Å². The molecular formula is C15H26N2O. The molecule has 0 aromatic carbocycles. The van der Waals surface area contributed by atoms with Crippen LogP contribution in [0.3, 0.4) is 0 Å². The molecule has 1 aliphatic carbocycles. The highest BCUT2D eigenvalue weighted by atomic mass is 16.2. The first-order valence-electron chi connectivity index (χ1n) is 7.63. The van der Waals surface area contributed by atoms with Crippen LogP contribution in [0.4, 0.5) is 0 Å². The van der Waals surface area contributed by atoms with Crippen molar-refractivity contribution in [2.45, 2.75) is 44.9 Å². The average molecular weight is 250 g/mol. The van der Waals surface area contributed by atoms with Gasteiger partial charge in [0.05, 0.1) is 0 Å². The molecular weight excluding hydrogens is 224 g/mol. The zero-order valence-corrected chi connectivity index (χ0v) is 11.7. The zero-order chi connectivity index (χ0) is 12.6. The molecule has 3 fully saturated rings. The molecule has 0 unspecified atom stereocenters. The maximum Gasteiger partial charge on any atom is 0.222 e. The van der Waals surface area contributed by atoms with Crippen LogP contribution < -0.4 is 0 Å². The van der Waals surface area contributed by atoms with Crippen molar-refractivity contribution in [3.05, 3.63) is 0 Å². The minimum Gasteiger partial charge on any atom is -0.341 e. The smallest absolute Gasteiger partial charge is 0.222 e. The van der Waals surface area contributed by atoms with Gasteiger partial charge < -0.3 is 9.80 Å². The number of amides is 1. The summed E-state index contributed by atoms with van der Waals surface area (Å²) in [6.07, 6.45) is 8.66. The van der Waals surface area contributed by atoms with E-state index in [1.54, 1.807) is 0 Å². The van der Waals surface area contributed by atoms with E-state index < -0.39 is 0 Å². The Hall–Kier alpha value is -0.570. The predicted molar refractivity (Wildman–Crippen MR) is 72.3 cm³/mol. The fraction of sp³-hybridized carbons (Fsp3) is 0.933. The molecule has 0 bridgehead atoms. The molecule has 3 rings (SSSR count). The van der Waals surface area contributed by atoms with E-state index in [-0.39, 0.29) is 0 Å². The van der Waals surface area contributed by atoms with Gasteiger partial charge in [-0.05, 0) is 51.7 Å². The molecule has 1 saturated carbocycles. The van der Waals surface area contributed by atoms with Crippen molar-refractivity contribution in [2.24, 2.45) is 11.3 Å². The van der Waals surface area contributed by atoms with Crippen molar-refractivity contribution in [3.8, 4) is 0 Å². The average Bonchev–Trinajstić information content (AvgIpc) is 2.80. The van der Waals surface area contributed by atoms with E-state index in [0.29, 0.717) is 17.2 Å². The molecule has 0 radical (unpaired) electrons. The lowest BCUT2D eigenvalue weighted by molar-refractivity contribution is -0.147. The van der Waals surface area contributed by atoms with Gasteiger partial charge in [-0.25, -0.2) is 0 Å². The lowest BCUT2D eigenvalue weighted by Crippen LogP contribution is -2.61. The second-order valence-electron chi connectivity index (χ2n) is 6.91. The zero-order valence-electron chi connectivity index (χ0n) is 11.7. The number of carbonyl (C=O) groups excluding carboxylic acids is 1. The fourth-order valence-corrected chi connectivity index (χ4v) is 3.94. The molecule has 1 spiro atoms. The van der Waals surface area contributed by atoms with Crippen molar-refractivity contribution in [1.82, 2.24) is 9.80 Å². The molecule has 2 heterocycles. The Balaban J connectivity index is 1.45. The van der Waals surface area contributed by atoms with Crippen molar-refractivity contribution in [2.75, 3.05) is 33.2 Å². The van der Waals surface area contributed by atoms with Gasteiger partial charge in [-0.15, -0.1) is 0 Å². The van der Waals surface area contributed by atoms with E-state index in [9.17, 15) is 4.79 Å². The third-order valence-corrected chi connectivity index (χ3v) is 5.39. The summed E-state index contributed by atoms with van der Waals surface area (Å²) in [5.41, 5.74) is 0.498. The van der Waals surface area contributed by atoms with Crippen molar-refractivity contribution in [1.29, 1.82) is 0 Å². The molecule has 1 amide bonds. The second-order valence-corrected chi connectivity index (χ2v) is 6.91. The molecule has 2 saturated heterocycles. The highest BCUT2D eigenvalue weighted by molar-refractivity contribution is 5.77. The van der Waals surface area contributed by atoms with Crippen LogP contribution in [0, 0.1) is 11.3 Å². The Kier molecular flexibility index (Phi) is 3.35. The van der Waals surface area contributed by atoms with Crippen LogP contribution >= 0.6 is 0 Å². The quantitative estimate of drug-likeness (QED) is 0.749. The van der Waals surface area contributed by atoms with E-state index in [2.05, 4.69) is 16.8 Å². The summed E-state index contributed by atoms with van der Waals surface area (Å²) < 4.78 is 0. The predicted octanol–water partition coefficient (Wildman–Crippen LogP) is 2.12. The van der Waals surface area contributed by atoms with Crippen molar-refractivity contribution < 1.29 is 4.79 Å². The number of carbonyl (C=O) groups is 1. The lowest BCUT2D eigenvalue weighted by Gasteiger charge is -2.53. The molecule has 3 heteroatoms. The first-order valence-corrected chi connectivity index (χ1v) is 7.63. The van der Waals surface area contributed by atoms with E-state index in [0.717, 1.165) is 19.5 Å². The molecule has 3 nitrogen and oxygen atoms in total. The van der Waals surface area contributed by atoms with E-state index in [4.69, 9.17) is 0 Å². The highest BCUT2D eigenvalue weighted by Crippen LogP contribution is 2.41. The minimum absolute atomic E-state index is 0.437. The summed E-state index contributed by atoms with van der Waals surface area (Å²) in [6, 6.07) is 0. The maximum atomic E-state index is 12.2. The van der Waals surface area contributed by atoms with Gasteiger partial charge in [0, 0.05) is 24.9 Å². The molecule has 0 aromatic heterocycles. The van der Waals surface area contributed by atoms with Gasteiger partial charge >= 0.3 is 0 Å². The van der Waals surface area contributed by atoms with Gasteiger partial charge in [0.15, 0.2) is 0 Å². The molecule has 0 atom stereocenters. The van der Waals surface area contributed by atoms with Crippen LogP contribution in [-0.4, -0.2) is 48.9 Å². The number of likely N-dealkylation sites (tertiary alicyclic amines) is 2. The summed E-state index contributed by atoms with van der Waals surface area (Å²) in [5.74, 6) is 1.14. The summed E-state index contributed by atoms with van der Waals surface area (Å²) in [6.45, 7) is 4.52. The normalized spacial score (nSPS) is 28.6. The number of rotatable bonds is 2. The third kappa shape index (κ3) is 2.42. The van der Waals surface area contributed by atoms with Crippen LogP contribution in [0.1, 0.15) is 44.9 Å². The number of hydrogen-bond acceptors (Lipinski definition) is 2. The largest absolute Gasteiger partial charge is 0.341 e. The van der Waals surface area contributed by atoms with Crippen LogP contribution in [0.15, 0.2) is 0 Å². The Bertz CT molecular complexity index is 306. The molecule has 2 aliphatic heterocycles. The van der Waals surface area contributed by atoms with E-state index >= 15 is 0 Å². The van der Waals surface area contributed by atoms with Gasteiger partial charge in [-0.1, -0.05) is 12.8 Å². The molecule has 0 N–H and O–H groups in total. The van der Waals surface area contributed by atoms with Crippen molar-refractivity contribution in [3.63, 3.8) is 0 Å². The maximum absolute atomic E-state index is 12.2. The minimum atomic E-state index is 0.437. The van der Waals surface area contributed by atoms with Gasteiger partial charge in [0.1, 0.15) is 0 Å². The topological polar surface area (TPSA) is 23.6 Å². The Morgan fingerprint density at radius 3 is 2.39 bits per heavy atom. The van der Waals surface area contributed by atoms with Gasteiger partial charge in [-0.3, -0.25) is 4.79 Å². The summed E-state index contributed by atoms with van der Waals surface area (Å²) in [5, 5.41) is 0. The molecule has 18 heavy (non-hydrogen) atoms. The van der Waals surface area contributed by atoms with Crippen molar-refractivity contribution >= 4 is 5.91 Å². The first kappa shape index (κ1) is 12.5. The number of piperidine rings is 1. The second kappa shape index (κ2) is 4.84. The summed E-state index contributed by atoms with van der Waals surface area (Å²) in [7, 11) is 2.20.